The van der Waals surface area contributed by atoms with E-state index in [1.54, 1.807) is 17.9 Å². The summed E-state index contributed by atoms with van der Waals surface area (Å²) in [6.45, 7) is 2.92. The van der Waals surface area contributed by atoms with Crippen LogP contribution in [0.2, 0.25) is 0 Å². The van der Waals surface area contributed by atoms with E-state index in [4.69, 9.17) is 5.73 Å². The van der Waals surface area contributed by atoms with E-state index in [9.17, 15) is 14.3 Å². The number of carbonyl (C=O) groups is 1. The number of aromatic nitrogens is 4. The Morgan fingerprint density at radius 1 is 1.22 bits per heavy atom. The summed E-state index contributed by atoms with van der Waals surface area (Å²) in [5.74, 6) is 3.58. The van der Waals surface area contributed by atoms with E-state index in [1.807, 2.05) is 0 Å². The third kappa shape index (κ3) is 4.45. The summed E-state index contributed by atoms with van der Waals surface area (Å²) in [4.78, 5) is 23.4. The van der Waals surface area contributed by atoms with Crippen molar-refractivity contribution in [2.45, 2.75) is 44.9 Å². The number of amides is 1. The number of aliphatic hydroxyl groups is 1. The smallest absolute Gasteiger partial charge is 0.257 e. The van der Waals surface area contributed by atoms with Crippen LogP contribution in [0.15, 0.2) is 30.6 Å². The Hall–Kier alpha value is -4.10. The Bertz CT molecular complexity index is 1590. The van der Waals surface area contributed by atoms with E-state index in [0.29, 0.717) is 27.4 Å². The van der Waals surface area contributed by atoms with Crippen LogP contribution in [-0.4, -0.2) is 47.3 Å². The second-order valence-corrected chi connectivity index (χ2v) is 9.50. The van der Waals surface area contributed by atoms with Gasteiger partial charge in [-0.15, -0.1) is 0 Å². The second-order valence-electron chi connectivity index (χ2n) is 9.50. The fraction of sp³-hybridized carbons (Fsp3) is 0.308. The van der Waals surface area contributed by atoms with Gasteiger partial charge in [0, 0.05) is 36.3 Å². The van der Waals surface area contributed by atoms with E-state index in [-0.39, 0.29) is 29.7 Å². The topological polar surface area (TPSA) is 110 Å². The van der Waals surface area contributed by atoms with Crippen LogP contribution in [-0.2, 0) is 13.6 Å². The molecule has 0 spiro atoms. The van der Waals surface area contributed by atoms with Crippen molar-refractivity contribution < 1.29 is 18.7 Å². The lowest BCUT2D eigenvalue weighted by Gasteiger charge is -2.23. The van der Waals surface area contributed by atoms with Crippen molar-refractivity contribution in [3.63, 3.8) is 0 Å². The molecule has 0 atom stereocenters. The van der Waals surface area contributed by atoms with E-state index in [1.165, 1.54) is 43.1 Å². The number of benzene rings is 1. The third-order valence-electron chi connectivity index (χ3n) is 6.03. The number of fused-ring (bicyclic) bond motifs is 3. The lowest BCUT2D eigenvalue weighted by atomic mass is 10.1. The minimum Gasteiger partial charge on any atom is -0.383 e. The quantitative estimate of drug-likeness (QED) is 0.425. The molecule has 0 aliphatic heterocycles. The Morgan fingerprint density at radius 3 is 2.64 bits per heavy atom. The van der Waals surface area contributed by atoms with Crippen molar-refractivity contribution >= 4 is 33.5 Å². The first-order valence-electron chi connectivity index (χ1n) is 11.4. The molecule has 1 aliphatic rings. The first-order chi connectivity index (χ1) is 17.0. The van der Waals surface area contributed by atoms with E-state index in [2.05, 4.69) is 26.9 Å². The molecule has 4 aromatic rings. The Morgan fingerprint density at radius 2 is 1.97 bits per heavy atom. The van der Waals surface area contributed by atoms with Crippen molar-refractivity contribution in [3.8, 4) is 11.8 Å². The molecule has 1 saturated carbocycles. The van der Waals surface area contributed by atoms with Crippen molar-refractivity contribution in [2.24, 2.45) is 7.05 Å². The zero-order valence-corrected chi connectivity index (χ0v) is 20.0. The Kier molecular flexibility index (Phi) is 5.60. The highest BCUT2D eigenvalue weighted by Crippen LogP contribution is 2.33. The van der Waals surface area contributed by atoms with Crippen LogP contribution in [0.25, 0.3) is 21.8 Å². The van der Waals surface area contributed by atoms with Crippen molar-refractivity contribution in [1.29, 1.82) is 0 Å². The van der Waals surface area contributed by atoms with Crippen LogP contribution in [0.3, 0.4) is 0 Å². The van der Waals surface area contributed by atoms with Gasteiger partial charge in [-0.05, 0) is 38.8 Å². The molecule has 0 saturated heterocycles. The largest absolute Gasteiger partial charge is 0.383 e. The fourth-order valence-electron chi connectivity index (χ4n) is 4.09. The number of aryl methyl sites for hydroxylation is 1. The maximum Gasteiger partial charge on any atom is 0.257 e. The number of halogens is 2. The van der Waals surface area contributed by atoms with Crippen molar-refractivity contribution in [2.75, 3.05) is 5.73 Å². The molecule has 3 N–H and O–H groups in total. The van der Waals surface area contributed by atoms with Gasteiger partial charge in [-0.1, -0.05) is 11.8 Å². The number of carbonyl (C=O) groups excluding carboxylic acids is 1. The number of nitrogen functional groups attached to an aromatic ring is 1. The van der Waals surface area contributed by atoms with E-state index >= 15 is 4.39 Å². The maximum absolute atomic E-state index is 15.1. The zero-order valence-electron chi connectivity index (χ0n) is 20.0. The first-order valence-corrected chi connectivity index (χ1v) is 11.4. The number of hydrogen-bond donors (Lipinski definition) is 2. The molecule has 184 valence electrons. The summed E-state index contributed by atoms with van der Waals surface area (Å²) in [6, 6.07) is 3.72. The molecular weight excluding hydrogens is 466 g/mol. The van der Waals surface area contributed by atoms with Gasteiger partial charge in [-0.25, -0.2) is 13.8 Å². The molecule has 10 heteroatoms. The van der Waals surface area contributed by atoms with Crippen LogP contribution < -0.4 is 5.73 Å². The third-order valence-corrected chi connectivity index (χ3v) is 6.03. The van der Waals surface area contributed by atoms with Gasteiger partial charge in [0.25, 0.3) is 5.91 Å². The predicted octanol–water partition coefficient (Wildman–Crippen LogP) is 3.30. The standard InChI is InChI=1S/C26H24F2N6O2/c1-26(2,36)7-6-14-8-20(28)22(30-11-14)13-34(15-4-5-15)25(35)16-9-17-21(10-19(16)27)32-24(29)18-12-31-33(3)23(17)18/h8-12,15,36H,4-5,13H2,1-3H3,(H2,29,32). The van der Waals surface area contributed by atoms with Gasteiger partial charge in [0.1, 0.15) is 23.1 Å². The number of nitrogens with two attached hydrogens (primary N) is 1. The lowest BCUT2D eigenvalue weighted by Crippen LogP contribution is -2.34. The van der Waals surface area contributed by atoms with Gasteiger partial charge in [-0.2, -0.15) is 5.10 Å². The van der Waals surface area contributed by atoms with Gasteiger partial charge < -0.3 is 15.7 Å². The molecule has 36 heavy (non-hydrogen) atoms. The molecule has 0 radical (unpaired) electrons. The molecule has 5 rings (SSSR count). The normalized spacial score (nSPS) is 13.6. The van der Waals surface area contributed by atoms with Gasteiger partial charge in [-0.3, -0.25) is 14.5 Å². The van der Waals surface area contributed by atoms with Crippen LogP contribution in [0.4, 0.5) is 14.6 Å². The van der Waals surface area contributed by atoms with Crippen LogP contribution in [0.5, 0.6) is 0 Å². The highest BCUT2D eigenvalue weighted by Gasteiger charge is 2.35. The summed E-state index contributed by atoms with van der Waals surface area (Å²) < 4.78 is 31.6. The van der Waals surface area contributed by atoms with Gasteiger partial charge in [0.05, 0.1) is 40.4 Å². The number of nitrogens with zero attached hydrogens (tertiary/aromatic N) is 5. The average Bonchev–Trinajstić information content (AvgIpc) is 3.57. The SMILES string of the molecule is Cn1ncc2c(N)nc3cc(F)c(C(=O)N(Cc4ncc(C#CC(C)(C)O)cc4F)C4CC4)cc3c21. The second kappa shape index (κ2) is 8.53. The summed E-state index contributed by atoms with van der Waals surface area (Å²) in [5.41, 5.74) is 5.94. The summed E-state index contributed by atoms with van der Waals surface area (Å²) in [6.07, 6.45) is 4.44. The summed E-state index contributed by atoms with van der Waals surface area (Å²) in [7, 11) is 1.73. The minimum atomic E-state index is -1.23. The molecular formula is C26H24F2N6O2. The molecule has 3 heterocycles. The van der Waals surface area contributed by atoms with Gasteiger partial charge in [0.15, 0.2) is 0 Å². The molecule has 0 bridgehead atoms. The molecule has 1 fully saturated rings. The van der Waals surface area contributed by atoms with Gasteiger partial charge >= 0.3 is 0 Å². The average molecular weight is 491 g/mol. The Balaban J connectivity index is 1.50. The van der Waals surface area contributed by atoms with E-state index in [0.717, 1.165) is 12.8 Å². The summed E-state index contributed by atoms with van der Waals surface area (Å²) >= 11 is 0. The molecule has 3 aromatic heterocycles. The maximum atomic E-state index is 15.1. The molecule has 8 nitrogen and oxygen atoms in total. The number of anilines is 1. The predicted molar refractivity (Wildman–Crippen MR) is 131 cm³/mol. The fourth-order valence-corrected chi connectivity index (χ4v) is 4.09. The number of hydrogen-bond acceptors (Lipinski definition) is 6. The highest BCUT2D eigenvalue weighted by molar-refractivity contribution is 6.10. The Labute approximate surface area is 205 Å². The monoisotopic (exact) mass is 490 g/mol. The van der Waals surface area contributed by atoms with Crippen molar-refractivity contribution in [1.82, 2.24) is 24.6 Å². The lowest BCUT2D eigenvalue weighted by molar-refractivity contribution is 0.0721. The van der Waals surface area contributed by atoms with Crippen molar-refractivity contribution in [3.05, 3.63) is 59.0 Å². The summed E-state index contributed by atoms with van der Waals surface area (Å²) in [5, 5.41) is 15.1. The van der Waals surface area contributed by atoms with Gasteiger partial charge in [0.2, 0.25) is 0 Å². The minimum absolute atomic E-state index is 0.0497. The number of pyridine rings is 2. The first kappa shape index (κ1) is 23.6. The molecule has 1 amide bonds. The highest BCUT2D eigenvalue weighted by atomic mass is 19.1. The molecule has 1 aliphatic carbocycles. The van der Waals surface area contributed by atoms with Crippen LogP contribution >= 0.6 is 0 Å². The zero-order chi connectivity index (χ0) is 25.8. The molecule has 1 aromatic carbocycles. The van der Waals surface area contributed by atoms with Crippen LogP contribution in [0.1, 0.15) is 48.3 Å². The molecule has 0 unspecified atom stereocenters. The van der Waals surface area contributed by atoms with Crippen LogP contribution in [0, 0.1) is 23.5 Å². The van der Waals surface area contributed by atoms with E-state index < -0.39 is 23.1 Å². The number of rotatable bonds is 4.